The van der Waals surface area contributed by atoms with Crippen molar-refractivity contribution in [3.8, 4) is 17.0 Å². The van der Waals surface area contributed by atoms with E-state index in [0.29, 0.717) is 73.6 Å². The lowest BCUT2D eigenvalue weighted by Crippen LogP contribution is -2.60. The maximum absolute atomic E-state index is 14.7. The van der Waals surface area contributed by atoms with Crippen LogP contribution >= 0.6 is 0 Å². The maximum atomic E-state index is 14.7. The SMILES string of the molecule is CC1CC2CC(C1)C(NC(=O)c1ccc(-c3cn(C4CCC(F)CC4)c4cc(OC5CCC(N6CC(F)(F)C6)CC5)ccc34)nc1C(F)(F)F)(C(=O)O)C2. The van der Waals surface area contributed by atoms with Crippen LogP contribution in [-0.4, -0.2) is 74.3 Å². The molecule has 5 fully saturated rings. The summed E-state index contributed by atoms with van der Waals surface area (Å²) in [5.41, 5.74) is -2.69. The normalized spacial score (nSPS) is 32.6. The molecule has 4 saturated carbocycles. The topological polar surface area (TPSA) is 96.7 Å². The number of halogens is 6. The van der Waals surface area contributed by atoms with Gasteiger partial charge in [-0.1, -0.05) is 6.92 Å². The molecule has 2 bridgehead atoms. The fourth-order valence-corrected chi connectivity index (χ4v) is 10.3. The summed E-state index contributed by atoms with van der Waals surface area (Å²) in [6.45, 7) is 1.61. The molecule has 1 amide bonds. The minimum Gasteiger partial charge on any atom is -0.490 e. The van der Waals surface area contributed by atoms with E-state index in [0.717, 1.165) is 25.3 Å². The lowest BCUT2D eigenvalue weighted by Gasteiger charge is -2.46. The molecule has 0 radical (unpaired) electrons. The lowest BCUT2D eigenvalue weighted by atomic mass is 9.78. The largest absolute Gasteiger partial charge is 0.490 e. The second kappa shape index (κ2) is 13.7. The van der Waals surface area contributed by atoms with Crippen molar-refractivity contribution in [3.05, 3.63) is 47.8 Å². The summed E-state index contributed by atoms with van der Waals surface area (Å²) in [5.74, 6) is -4.44. The number of pyridine rings is 1. The van der Waals surface area contributed by atoms with E-state index >= 15 is 0 Å². The van der Waals surface area contributed by atoms with Crippen LogP contribution in [0.3, 0.4) is 0 Å². The van der Waals surface area contributed by atoms with Crippen molar-refractivity contribution < 1.29 is 45.8 Å². The predicted octanol–water partition coefficient (Wildman–Crippen LogP) is 8.83. The fourth-order valence-electron chi connectivity index (χ4n) is 10.3. The van der Waals surface area contributed by atoms with Crippen LogP contribution in [0.2, 0.25) is 0 Å². The molecule has 4 aliphatic carbocycles. The van der Waals surface area contributed by atoms with Gasteiger partial charge in [0, 0.05) is 35.3 Å². The van der Waals surface area contributed by atoms with Gasteiger partial charge in [-0.05, 0) is 119 Å². The summed E-state index contributed by atoms with van der Waals surface area (Å²) < 4.78 is 93.6. The third-order valence-electron chi connectivity index (χ3n) is 12.9. The van der Waals surface area contributed by atoms with Gasteiger partial charge in [-0.25, -0.2) is 22.9 Å². The number of likely N-dealkylation sites (tertiary alicyclic amines) is 1. The average Bonchev–Trinajstić information content (AvgIpc) is 3.61. The predicted molar refractivity (Wildman–Crippen MR) is 188 cm³/mol. The van der Waals surface area contributed by atoms with Crippen LogP contribution in [0, 0.1) is 17.8 Å². The van der Waals surface area contributed by atoms with Crippen molar-refractivity contribution in [3.63, 3.8) is 0 Å². The van der Waals surface area contributed by atoms with Crippen LogP contribution in [0.1, 0.15) is 106 Å². The molecule has 8 rings (SSSR count). The summed E-state index contributed by atoms with van der Waals surface area (Å²) in [7, 11) is 0. The van der Waals surface area contributed by atoms with Crippen LogP contribution in [0.15, 0.2) is 36.5 Å². The minimum absolute atomic E-state index is 0.0103. The maximum Gasteiger partial charge on any atom is 0.434 e. The number of carbonyl (C=O) groups is 2. The Kier molecular flexibility index (Phi) is 9.45. The van der Waals surface area contributed by atoms with Gasteiger partial charge < -0.3 is 19.7 Å². The molecule has 4 unspecified atom stereocenters. The first kappa shape index (κ1) is 37.1. The van der Waals surface area contributed by atoms with E-state index in [1.165, 1.54) is 6.07 Å². The number of aliphatic carboxylic acids is 1. The molecular weight excluding hydrogens is 714 g/mol. The molecule has 1 aromatic carbocycles. The molecule has 2 aromatic heterocycles. The van der Waals surface area contributed by atoms with Crippen molar-refractivity contribution in [1.29, 1.82) is 0 Å². The molecule has 2 N–H and O–H groups in total. The molecule has 4 atom stereocenters. The van der Waals surface area contributed by atoms with Crippen molar-refractivity contribution in [2.45, 2.75) is 126 Å². The van der Waals surface area contributed by atoms with E-state index in [9.17, 15) is 41.0 Å². The Morgan fingerprint density at radius 2 is 1.65 bits per heavy atom. The van der Waals surface area contributed by atoms with Crippen molar-refractivity contribution >= 4 is 22.8 Å². The molecule has 3 heterocycles. The highest BCUT2D eigenvalue weighted by Crippen LogP contribution is 2.51. The van der Waals surface area contributed by atoms with Crippen LogP contribution in [-0.2, 0) is 11.0 Å². The zero-order valence-electron chi connectivity index (χ0n) is 30.2. The number of rotatable bonds is 8. The zero-order chi connectivity index (χ0) is 38.2. The number of hydrogen-bond donors (Lipinski definition) is 2. The number of benzene rings is 1. The van der Waals surface area contributed by atoms with Crippen LogP contribution in [0.4, 0.5) is 26.3 Å². The monoisotopic (exact) mass is 760 g/mol. The molecule has 1 aliphatic heterocycles. The number of alkyl halides is 6. The summed E-state index contributed by atoms with van der Waals surface area (Å²) in [5, 5.41) is 13.5. The van der Waals surface area contributed by atoms with Gasteiger partial charge in [0.2, 0.25) is 0 Å². The highest BCUT2D eigenvalue weighted by Gasteiger charge is 2.56. The third-order valence-corrected chi connectivity index (χ3v) is 12.9. The Morgan fingerprint density at radius 1 is 0.944 bits per heavy atom. The van der Waals surface area contributed by atoms with Crippen molar-refractivity contribution in [1.82, 2.24) is 19.8 Å². The molecule has 8 nitrogen and oxygen atoms in total. The number of nitrogens with one attached hydrogen (secondary N) is 1. The second-order valence-corrected chi connectivity index (χ2v) is 16.7. The number of carboxylic acid groups (broad SMARTS) is 1. The van der Waals surface area contributed by atoms with E-state index in [4.69, 9.17) is 4.74 Å². The first-order valence-electron chi connectivity index (χ1n) is 19.3. The summed E-state index contributed by atoms with van der Waals surface area (Å²) in [4.78, 5) is 32.2. The van der Waals surface area contributed by atoms with E-state index in [2.05, 4.69) is 10.3 Å². The molecule has 0 spiro atoms. The first-order chi connectivity index (χ1) is 25.6. The molecular formula is C40H46F6N4O4. The van der Waals surface area contributed by atoms with Gasteiger partial charge in [0.05, 0.1) is 36.0 Å². The number of hydrogen-bond acceptors (Lipinski definition) is 5. The number of carbonyl (C=O) groups excluding carboxylic acids is 1. The molecule has 5 aliphatic rings. The van der Waals surface area contributed by atoms with E-state index in [1.54, 1.807) is 18.3 Å². The Morgan fingerprint density at radius 3 is 2.31 bits per heavy atom. The Hall–Kier alpha value is -3.81. The minimum atomic E-state index is -5.02. The summed E-state index contributed by atoms with van der Waals surface area (Å²) in [6.07, 6.45) is 2.56. The Bertz CT molecular complexity index is 1910. The molecule has 292 valence electrons. The second-order valence-electron chi connectivity index (χ2n) is 16.7. The highest BCUT2D eigenvalue weighted by molar-refractivity contribution is 6.00. The number of nitrogens with zero attached hydrogens (tertiary/aromatic N) is 3. The lowest BCUT2D eigenvalue weighted by molar-refractivity contribution is -0.151. The van der Waals surface area contributed by atoms with Crippen LogP contribution < -0.4 is 10.1 Å². The number of ether oxygens (including phenoxy) is 1. The Balaban J connectivity index is 1.09. The number of amides is 1. The van der Waals surface area contributed by atoms with E-state index in [1.807, 2.05) is 22.5 Å². The van der Waals surface area contributed by atoms with Crippen molar-refractivity contribution in [2.75, 3.05) is 13.1 Å². The first-order valence-corrected chi connectivity index (χ1v) is 19.3. The average molecular weight is 761 g/mol. The third kappa shape index (κ3) is 6.96. The Labute approximate surface area is 309 Å². The van der Waals surface area contributed by atoms with Gasteiger partial charge in [-0.3, -0.25) is 9.69 Å². The van der Waals surface area contributed by atoms with Gasteiger partial charge in [-0.15, -0.1) is 0 Å². The molecule has 3 aromatic rings. The number of aromatic nitrogens is 2. The van der Waals surface area contributed by atoms with Gasteiger partial charge in [-0.2, -0.15) is 13.2 Å². The smallest absolute Gasteiger partial charge is 0.434 e. The molecule has 14 heteroatoms. The van der Waals surface area contributed by atoms with Gasteiger partial charge >= 0.3 is 12.1 Å². The van der Waals surface area contributed by atoms with Crippen molar-refractivity contribution in [2.24, 2.45) is 17.8 Å². The standard InChI is InChI=1S/C40H46F6N4O4/c1-22-14-23-16-24(15-22)39(18-23,37(52)53)48-36(51)31-12-13-33(47-35(31)40(44,45)46)32-19-50(27-4-2-25(41)3-5-27)34-17-29(10-11-30(32)34)54-28-8-6-26(7-9-28)49-20-38(42,43)21-49/h10-13,17,19,22-28H,2-9,14-16,18,20-21H2,1H3,(H,48,51)(H,52,53). The van der Waals surface area contributed by atoms with Crippen LogP contribution in [0.25, 0.3) is 22.2 Å². The number of carboxylic acids is 1. The van der Waals surface area contributed by atoms with E-state index in [-0.39, 0.29) is 61.1 Å². The van der Waals surface area contributed by atoms with E-state index < -0.39 is 46.9 Å². The quantitative estimate of drug-likeness (QED) is 0.223. The molecule has 54 heavy (non-hydrogen) atoms. The van der Waals surface area contributed by atoms with Gasteiger partial charge in [0.25, 0.3) is 11.8 Å². The highest BCUT2D eigenvalue weighted by atomic mass is 19.4. The van der Waals surface area contributed by atoms with Gasteiger partial charge in [0.1, 0.15) is 17.5 Å². The number of fused-ring (bicyclic) bond motifs is 3. The van der Waals surface area contributed by atoms with Gasteiger partial charge in [0.15, 0.2) is 5.69 Å². The molecule has 1 saturated heterocycles. The summed E-state index contributed by atoms with van der Waals surface area (Å²) >= 11 is 0. The fraction of sp³-hybridized carbons (Fsp3) is 0.625. The summed E-state index contributed by atoms with van der Waals surface area (Å²) in [6, 6.07) is 7.81. The van der Waals surface area contributed by atoms with Crippen LogP contribution in [0.5, 0.6) is 5.75 Å². The zero-order valence-corrected chi connectivity index (χ0v) is 30.2.